The monoisotopic (exact) mass is 301 g/mol. The van der Waals surface area contributed by atoms with Gasteiger partial charge in [-0.3, -0.25) is 0 Å². The Balaban J connectivity index is 2.23. The van der Waals surface area contributed by atoms with Crippen molar-refractivity contribution in [3.8, 4) is 0 Å². The van der Waals surface area contributed by atoms with Crippen molar-refractivity contribution >= 4 is 38.7 Å². The van der Waals surface area contributed by atoms with Crippen molar-refractivity contribution in [3.63, 3.8) is 0 Å². The Labute approximate surface area is 106 Å². The molecule has 0 bridgehead atoms. The third-order valence-corrected chi connectivity index (χ3v) is 3.39. The first-order valence-electron chi connectivity index (χ1n) is 4.96. The fourth-order valence-corrected chi connectivity index (χ4v) is 2.39. The van der Waals surface area contributed by atoms with Gasteiger partial charge in [0.05, 0.1) is 24.6 Å². The summed E-state index contributed by atoms with van der Waals surface area (Å²) in [5.74, 6) is 0.970. The number of pyridine rings is 1. The fourth-order valence-electron chi connectivity index (χ4n) is 1.85. The minimum Gasteiger partial charge on any atom is -0.377 e. The molecule has 0 amide bonds. The van der Waals surface area contributed by atoms with Crippen LogP contribution in [-0.2, 0) is 10.1 Å². The SMILES string of the molecule is Clc1ccc2nc(CBr)n(C3COC3)c2n1. The molecule has 1 saturated heterocycles. The molecule has 0 radical (unpaired) electrons. The minimum atomic E-state index is 0.337. The Morgan fingerprint density at radius 3 is 2.88 bits per heavy atom. The zero-order valence-electron chi connectivity index (χ0n) is 8.36. The van der Waals surface area contributed by atoms with Gasteiger partial charge in [-0.25, -0.2) is 9.97 Å². The highest BCUT2D eigenvalue weighted by atomic mass is 79.9. The summed E-state index contributed by atoms with van der Waals surface area (Å²) < 4.78 is 7.32. The van der Waals surface area contributed by atoms with E-state index in [-0.39, 0.29) is 0 Å². The summed E-state index contributed by atoms with van der Waals surface area (Å²) >= 11 is 9.36. The zero-order chi connectivity index (χ0) is 11.1. The normalized spacial score (nSPS) is 16.6. The van der Waals surface area contributed by atoms with Gasteiger partial charge in [-0.2, -0.15) is 0 Å². The lowest BCUT2D eigenvalue weighted by atomic mass is 10.2. The Bertz CT molecular complexity index is 538. The van der Waals surface area contributed by atoms with E-state index in [0.717, 1.165) is 30.2 Å². The van der Waals surface area contributed by atoms with Crippen LogP contribution in [0, 0.1) is 0 Å². The highest BCUT2D eigenvalue weighted by Crippen LogP contribution is 2.26. The Hall–Kier alpha value is -0.650. The summed E-state index contributed by atoms with van der Waals surface area (Å²) in [4.78, 5) is 8.85. The summed E-state index contributed by atoms with van der Waals surface area (Å²) in [5.41, 5.74) is 1.72. The van der Waals surface area contributed by atoms with Crippen LogP contribution in [0.2, 0.25) is 5.15 Å². The number of fused-ring (bicyclic) bond motifs is 1. The number of halogens is 2. The molecule has 6 heteroatoms. The first-order chi connectivity index (χ1) is 7.79. The molecular formula is C10H9BrClN3O. The molecule has 1 aliphatic heterocycles. The van der Waals surface area contributed by atoms with Gasteiger partial charge < -0.3 is 9.30 Å². The number of nitrogens with zero attached hydrogens (tertiary/aromatic N) is 3. The highest BCUT2D eigenvalue weighted by Gasteiger charge is 2.25. The Morgan fingerprint density at radius 1 is 1.44 bits per heavy atom. The predicted molar refractivity (Wildman–Crippen MR) is 65.0 cm³/mol. The molecular weight excluding hydrogens is 293 g/mol. The molecule has 4 nitrogen and oxygen atoms in total. The second kappa shape index (κ2) is 3.98. The maximum Gasteiger partial charge on any atom is 0.162 e. The van der Waals surface area contributed by atoms with Crippen LogP contribution < -0.4 is 0 Å². The number of ether oxygens (including phenoxy) is 1. The summed E-state index contributed by atoms with van der Waals surface area (Å²) in [7, 11) is 0. The number of alkyl halides is 1. The molecule has 2 aromatic rings. The first-order valence-corrected chi connectivity index (χ1v) is 6.46. The van der Waals surface area contributed by atoms with Gasteiger partial charge in [-0.1, -0.05) is 27.5 Å². The number of rotatable bonds is 2. The minimum absolute atomic E-state index is 0.337. The molecule has 16 heavy (non-hydrogen) atoms. The molecule has 0 unspecified atom stereocenters. The van der Waals surface area contributed by atoms with Gasteiger partial charge in [-0.05, 0) is 12.1 Å². The van der Waals surface area contributed by atoms with Crippen LogP contribution in [0.15, 0.2) is 12.1 Å². The summed E-state index contributed by atoms with van der Waals surface area (Å²) in [6, 6.07) is 3.99. The zero-order valence-corrected chi connectivity index (χ0v) is 10.7. The smallest absolute Gasteiger partial charge is 0.162 e. The molecule has 3 heterocycles. The second-order valence-electron chi connectivity index (χ2n) is 3.70. The van der Waals surface area contributed by atoms with E-state index < -0.39 is 0 Å². The quantitative estimate of drug-likeness (QED) is 0.632. The average molecular weight is 303 g/mol. The van der Waals surface area contributed by atoms with Crippen LogP contribution >= 0.6 is 27.5 Å². The van der Waals surface area contributed by atoms with Crippen LogP contribution in [0.1, 0.15) is 11.9 Å². The molecule has 0 atom stereocenters. The van der Waals surface area contributed by atoms with Gasteiger partial charge in [0.25, 0.3) is 0 Å². The van der Waals surface area contributed by atoms with Crippen LogP contribution in [0.25, 0.3) is 11.2 Å². The Morgan fingerprint density at radius 2 is 2.25 bits per heavy atom. The van der Waals surface area contributed by atoms with Crippen molar-refractivity contribution in [2.45, 2.75) is 11.4 Å². The van der Waals surface area contributed by atoms with Gasteiger partial charge in [0.15, 0.2) is 5.65 Å². The fraction of sp³-hybridized carbons (Fsp3) is 0.400. The second-order valence-corrected chi connectivity index (χ2v) is 4.65. The Kier molecular flexibility index (Phi) is 2.61. The van der Waals surface area contributed by atoms with E-state index in [2.05, 4.69) is 30.5 Å². The van der Waals surface area contributed by atoms with Crippen molar-refractivity contribution in [1.29, 1.82) is 0 Å². The van der Waals surface area contributed by atoms with Crippen molar-refractivity contribution in [2.24, 2.45) is 0 Å². The average Bonchev–Trinajstić information content (AvgIpc) is 2.55. The van der Waals surface area contributed by atoms with Gasteiger partial charge in [0.2, 0.25) is 0 Å². The van der Waals surface area contributed by atoms with Gasteiger partial charge in [0, 0.05) is 0 Å². The van der Waals surface area contributed by atoms with Gasteiger partial charge >= 0.3 is 0 Å². The van der Waals surface area contributed by atoms with E-state index in [1.807, 2.05) is 6.07 Å². The molecule has 0 aromatic carbocycles. The van der Waals surface area contributed by atoms with Crippen molar-refractivity contribution in [2.75, 3.05) is 13.2 Å². The molecule has 1 aliphatic rings. The summed E-state index contributed by atoms with van der Waals surface area (Å²) in [6.07, 6.45) is 0. The van der Waals surface area contributed by atoms with E-state index in [4.69, 9.17) is 16.3 Å². The number of imidazole rings is 1. The number of hydrogen-bond acceptors (Lipinski definition) is 3. The molecule has 1 fully saturated rings. The standard InChI is InChI=1S/C10H9BrClN3O/c11-3-9-13-7-1-2-8(12)14-10(7)15(9)6-4-16-5-6/h1-2,6H,3-5H2. The molecule has 0 N–H and O–H groups in total. The van der Waals surface area contributed by atoms with Crippen LogP contribution in [0.4, 0.5) is 0 Å². The van der Waals surface area contributed by atoms with E-state index >= 15 is 0 Å². The van der Waals surface area contributed by atoms with Gasteiger partial charge in [0.1, 0.15) is 16.5 Å². The summed E-state index contributed by atoms with van der Waals surface area (Å²) in [6.45, 7) is 1.44. The number of hydrogen-bond donors (Lipinski definition) is 0. The molecule has 0 spiro atoms. The molecule has 3 rings (SSSR count). The van der Waals surface area contributed by atoms with E-state index in [1.54, 1.807) is 6.07 Å². The predicted octanol–water partition coefficient (Wildman–Crippen LogP) is 2.55. The lowest BCUT2D eigenvalue weighted by molar-refractivity contribution is -0.0226. The lowest BCUT2D eigenvalue weighted by Gasteiger charge is -2.28. The molecule has 84 valence electrons. The first kappa shape index (κ1) is 10.5. The maximum atomic E-state index is 5.91. The molecule has 2 aromatic heterocycles. The number of aromatic nitrogens is 3. The topological polar surface area (TPSA) is 39.9 Å². The van der Waals surface area contributed by atoms with Crippen molar-refractivity contribution < 1.29 is 4.74 Å². The van der Waals surface area contributed by atoms with Crippen molar-refractivity contribution in [3.05, 3.63) is 23.1 Å². The van der Waals surface area contributed by atoms with E-state index in [9.17, 15) is 0 Å². The van der Waals surface area contributed by atoms with Crippen molar-refractivity contribution in [1.82, 2.24) is 14.5 Å². The molecule has 0 aliphatic carbocycles. The van der Waals surface area contributed by atoms with Crippen LogP contribution in [-0.4, -0.2) is 27.7 Å². The van der Waals surface area contributed by atoms with Crippen LogP contribution in [0.3, 0.4) is 0 Å². The largest absolute Gasteiger partial charge is 0.377 e. The summed E-state index contributed by atoms with van der Waals surface area (Å²) in [5, 5.41) is 1.20. The highest BCUT2D eigenvalue weighted by molar-refractivity contribution is 9.08. The van der Waals surface area contributed by atoms with E-state index in [1.165, 1.54) is 0 Å². The van der Waals surface area contributed by atoms with E-state index in [0.29, 0.717) is 16.5 Å². The lowest BCUT2D eigenvalue weighted by Crippen LogP contribution is -2.31. The third-order valence-electron chi connectivity index (χ3n) is 2.68. The van der Waals surface area contributed by atoms with Crippen LogP contribution in [0.5, 0.6) is 0 Å². The third kappa shape index (κ3) is 1.54. The molecule has 0 saturated carbocycles. The maximum absolute atomic E-state index is 5.91. The van der Waals surface area contributed by atoms with Gasteiger partial charge in [-0.15, -0.1) is 0 Å².